The normalized spacial score (nSPS) is 26.6. The smallest absolute Gasteiger partial charge is 0.182 e. The van der Waals surface area contributed by atoms with E-state index >= 15 is 0 Å². The highest BCUT2D eigenvalue weighted by atomic mass is 16.7. The summed E-state index contributed by atoms with van der Waals surface area (Å²) < 4.78 is 16.8. The third kappa shape index (κ3) is 2.50. The summed E-state index contributed by atoms with van der Waals surface area (Å²) in [6.45, 7) is 8.52. The molecule has 2 rings (SSSR count). The minimum Gasteiger partial charge on any atom is -0.377 e. The van der Waals surface area contributed by atoms with E-state index in [0.29, 0.717) is 0 Å². The van der Waals surface area contributed by atoms with Crippen LogP contribution >= 0.6 is 0 Å². The molecule has 0 aromatic rings. The summed E-state index contributed by atoms with van der Waals surface area (Å²) in [5.74, 6) is -0.302. The third-order valence-electron chi connectivity index (χ3n) is 3.24. The number of hydrogen-bond acceptors (Lipinski definition) is 4. The first-order valence-corrected chi connectivity index (χ1v) is 5.61. The second-order valence-electron chi connectivity index (χ2n) is 5.03. The van der Waals surface area contributed by atoms with Gasteiger partial charge in [0.25, 0.3) is 0 Å². The van der Waals surface area contributed by atoms with Crippen LogP contribution < -0.4 is 0 Å². The highest BCUT2D eigenvalue weighted by molar-refractivity contribution is 4.89. The number of ether oxygens (including phenoxy) is 3. The van der Waals surface area contributed by atoms with Crippen molar-refractivity contribution in [3.8, 4) is 0 Å². The Hall–Kier alpha value is -0.160. The van der Waals surface area contributed by atoms with Gasteiger partial charge in [0.15, 0.2) is 5.79 Å². The van der Waals surface area contributed by atoms with E-state index < -0.39 is 0 Å². The minimum atomic E-state index is -0.302. The summed E-state index contributed by atoms with van der Waals surface area (Å²) in [7, 11) is 1.76. The molecule has 88 valence electrons. The minimum absolute atomic E-state index is 0.0931. The van der Waals surface area contributed by atoms with Crippen molar-refractivity contribution in [2.45, 2.75) is 31.7 Å². The number of methoxy groups -OCH3 is 1. The fourth-order valence-electron chi connectivity index (χ4n) is 2.30. The highest BCUT2D eigenvalue weighted by Gasteiger charge is 2.44. The molecule has 2 aliphatic heterocycles. The highest BCUT2D eigenvalue weighted by Crippen LogP contribution is 2.31. The van der Waals surface area contributed by atoms with Gasteiger partial charge < -0.3 is 14.2 Å². The Kier molecular flexibility index (Phi) is 3.03. The Morgan fingerprint density at radius 1 is 1.33 bits per heavy atom. The molecule has 2 fully saturated rings. The maximum atomic E-state index is 5.68. The van der Waals surface area contributed by atoms with Crippen molar-refractivity contribution < 1.29 is 14.2 Å². The summed E-state index contributed by atoms with van der Waals surface area (Å²) in [6, 6.07) is 0. The average molecular weight is 215 g/mol. The molecule has 0 unspecified atom stereocenters. The van der Waals surface area contributed by atoms with Crippen LogP contribution in [-0.4, -0.2) is 56.2 Å². The second-order valence-corrected chi connectivity index (χ2v) is 5.03. The Morgan fingerprint density at radius 2 is 2.00 bits per heavy atom. The Labute approximate surface area is 91.5 Å². The van der Waals surface area contributed by atoms with Gasteiger partial charge in [-0.3, -0.25) is 4.90 Å². The molecule has 0 aliphatic carbocycles. The van der Waals surface area contributed by atoms with Crippen molar-refractivity contribution >= 4 is 0 Å². The van der Waals surface area contributed by atoms with Crippen molar-refractivity contribution in [3.63, 3.8) is 0 Å². The van der Waals surface area contributed by atoms with Crippen molar-refractivity contribution in [2.24, 2.45) is 0 Å². The fraction of sp³-hybridized carbons (Fsp3) is 1.00. The zero-order valence-electron chi connectivity index (χ0n) is 9.91. The van der Waals surface area contributed by atoms with Gasteiger partial charge in [-0.05, 0) is 13.8 Å². The number of hydrogen-bond donors (Lipinski definition) is 0. The van der Waals surface area contributed by atoms with E-state index in [-0.39, 0.29) is 11.4 Å². The van der Waals surface area contributed by atoms with Crippen LogP contribution in [0.25, 0.3) is 0 Å². The van der Waals surface area contributed by atoms with Crippen LogP contribution in [0.15, 0.2) is 0 Å². The van der Waals surface area contributed by atoms with E-state index in [1.807, 2.05) is 0 Å². The Bertz CT molecular complexity index is 224. The van der Waals surface area contributed by atoms with Gasteiger partial charge in [0.05, 0.1) is 25.4 Å². The number of likely N-dealkylation sites (tertiary alicyclic amines) is 1. The van der Waals surface area contributed by atoms with Gasteiger partial charge in [0, 0.05) is 26.6 Å². The maximum Gasteiger partial charge on any atom is 0.182 e. The molecule has 4 heteroatoms. The van der Waals surface area contributed by atoms with Crippen molar-refractivity contribution in [1.82, 2.24) is 4.90 Å². The van der Waals surface area contributed by atoms with E-state index in [1.165, 1.54) is 0 Å². The summed E-state index contributed by atoms with van der Waals surface area (Å²) in [4.78, 5) is 2.36. The lowest BCUT2D eigenvalue weighted by Crippen LogP contribution is -2.41. The lowest BCUT2D eigenvalue weighted by atomic mass is 10.1. The molecule has 0 bridgehead atoms. The van der Waals surface area contributed by atoms with Crippen molar-refractivity contribution in [2.75, 3.05) is 40.0 Å². The van der Waals surface area contributed by atoms with Crippen LogP contribution in [0, 0.1) is 0 Å². The van der Waals surface area contributed by atoms with E-state index in [9.17, 15) is 0 Å². The number of nitrogens with zero attached hydrogens (tertiary/aromatic N) is 1. The first-order valence-electron chi connectivity index (χ1n) is 5.61. The van der Waals surface area contributed by atoms with Crippen LogP contribution in [-0.2, 0) is 14.2 Å². The van der Waals surface area contributed by atoms with Gasteiger partial charge >= 0.3 is 0 Å². The van der Waals surface area contributed by atoms with E-state index in [1.54, 1.807) is 7.11 Å². The number of rotatable bonds is 3. The van der Waals surface area contributed by atoms with Gasteiger partial charge in [-0.15, -0.1) is 0 Å². The second kappa shape index (κ2) is 4.01. The van der Waals surface area contributed by atoms with Crippen molar-refractivity contribution in [1.29, 1.82) is 0 Å². The van der Waals surface area contributed by atoms with E-state index in [2.05, 4.69) is 18.7 Å². The SMILES string of the molecule is COC(C)(C)CN1CCC2(C1)OCCO2. The molecule has 2 aliphatic rings. The molecule has 4 nitrogen and oxygen atoms in total. The van der Waals surface area contributed by atoms with E-state index in [4.69, 9.17) is 14.2 Å². The molecule has 0 N–H and O–H groups in total. The first-order chi connectivity index (χ1) is 7.05. The third-order valence-corrected chi connectivity index (χ3v) is 3.24. The monoisotopic (exact) mass is 215 g/mol. The van der Waals surface area contributed by atoms with Crippen LogP contribution in [0.4, 0.5) is 0 Å². The summed E-state index contributed by atoms with van der Waals surface area (Å²) in [5.41, 5.74) is -0.0931. The topological polar surface area (TPSA) is 30.9 Å². The molecular weight excluding hydrogens is 194 g/mol. The molecular formula is C11H21NO3. The zero-order valence-corrected chi connectivity index (χ0v) is 9.91. The summed E-state index contributed by atoms with van der Waals surface area (Å²) in [6.07, 6.45) is 0.979. The molecule has 0 amide bonds. The van der Waals surface area contributed by atoms with Crippen molar-refractivity contribution in [3.05, 3.63) is 0 Å². The van der Waals surface area contributed by atoms with Crippen LogP contribution in [0.2, 0.25) is 0 Å². The average Bonchev–Trinajstić information content (AvgIpc) is 2.78. The lowest BCUT2D eigenvalue weighted by molar-refractivity contribution is -0.147. The predicted octanol–water partition coefficient (Wildman–Crippen LogP) is 0.860. The van der Waals surface area contributed by atoms with Gasteiger partial charge in [-0.25, -0.2) is 0 Å². The van der Waals surface area contributed by atoms with Gasteiger partial charge in [0.2, 0.25) is 0 Å². The van der Waals surface area contributed by atoms with Gasteiger partial charge in [0.1, 0.15) is 0 Å². The largest absolute Gasteiger partial charge is 0.377 e. The van der Waals surface area contributed by atoms with E-state index in [0.717, 1.165) is 39.3 Å². The molecule has 1 spiro atoms. The van der Waals surface area contributed by atoms with Gasteiger partial charge in [-0.1, -0.05) is 0 Å². The molecule has 0 aromatic heterocycles. The Morgan fingerprint density at radius 3 is 2.60 bits per heavy atom. The molecule has 0 radical (unpaired) electrons. The maximum absolute atomic E-state index is 5.68. The molecule has 15 heavy (non-hydrogen) atoms. The molecule has 2 heterocycles. The predicted molar refractivity (Wildman–Crippen MR) is 56.8 cm³/mol. The quantitative estimate of drug-likeness (QED) is 0.698. The van der Waals surface area contributed by atoms with Gasteiger partial charge in [-0.2, -0.15) is 0 Å². The zero-order chi connectivity index (χ0) is 10.9. The molecule has 0 aromatic carbocycles. The molecule has 0 atom stereocenters. The lowest BCUT2D eigenvalue weighted by Gasteiger charge is -2.29. The molecule has 0 saturated carbocycles. The summed E-state index contributed by atoms with van der Waals surface area (Å²) >= 11 is 0. The van der Waals surface area contributed by atoms with Crippen LogP contribution in [0.5, 0.6) is 0 Å². The Balaban J connectivity index is 1.87. The summed E-state index contributed by atoms with van der Waals surface area (Å²) in [5, 5.41) is 0. The van der Waals surface area contributed by atoms with Crippen LogP contribution in [0.1, 0.15) is 20.3 Å². The standard InChI is InChI=1S/C11H21NO3/c1-10(2,13-3)8-12-5-4-11(9-12)14-6-7-15-11/h4-9H2,1-3H3. The molecule has 2 saturated heterocycles. The van der Waals surface area contributed by atoms with Crippen LogP contribution in [0.3, 0.4) is 0 Å². The first kappa shape index (κ1) is 11.3. The fourth-order valence-corrected chi connectivity index (χ4v) is 2.30.